The van der Waals surface area contributed by atoms with Crippen LogP contribution in [0.25, 0.3) is 0 Å². The fraction of sp³-hybridized carbons (Fsp3) is 0.700. The van der Waals surface area contributed by atoms with E-state index in [9.17, 15) is 9.90 Å². The zero-order valence-corrected chi connectivity index (χ0v) is 9.51. The summed E-state index contributed by atoms with van der Waals surface area (Å²) >= 11 is 5.63. The van der Waals surface area contributed by atoms with Crippen LogP contribution in [0.15, 0.2) is 12.2 Å². The minimum absolute atomic E-state index is 0.271. The van der Waals surface area contributed by atoms with E-state index in [0.29, 0.717) is 25.0 Å². The Kier molecular flexibility index (Phi) is 4.13. The van der Waals surface area contributed by atoms with Crippen molar-refractivity contribution in [1.82, 2.24) is 5.32 Å². The highest BCUT2D eigenvalue weighted by atomic mass is 35.5. The summed E-state index contributed by atoms with van der Waals surface area (Å²) in [7, 11) is 1.53. The number of nitrogens with one attached hydrogen (secondary N) is 1. The van der Waals surface area contributed by atoms with Gasteiger partial charge in [0.2, 0.25) is 0 Å². The van der Waals surface area contributed by atoms with Crippen LogP contribution < -0.4 is 5.32 Å². The first-order valence-corrected chi connectivity index (χ1v) is 5.34. The van der Waals surface area contributed by atoms with E-state index in [1.165, 1.54) is 7.11 Å². The van der Waals surface area contributed by atoms with E-state index < -0.39 is 11.5 Å². The van der Waals surface area contributed by atoms with E-state index in [4.69, 9.17) is 16.3 Å². The number of hydrogen-bond donors (Lipinski definition) is 2. The Bertz CT molecular complexity index is 269. The van der Waals surface area contributed by atoms with Crippen molar-refractivity contribution in [3.05, 3.63) is 12.2 Å². The summed E-state index contributed by atoms with van der Waals surface area (Å²) in [5.41, 5.74) is -0.351. The molecule has 0 amide bonds. The molecule has 0 saturated carbocycles. The first-order valence-electron chi connectivity index (χ1n) is 4.80. The molecule has 0 aliphatic carbocycles. The summed E-state index contributed by atoms with van der Waals surface area (Å²) in [6, 6.07) is 0. The van der Waals surface area contributed by atoms with Crippen molar-refractivity contribution in [2.75, 3.05) is 19.5 Å². The minimum atomic E-state index is -1.05. The third-order valence-electron chi connectivity index (χ3n) is 2.78. The van der Waals surface area contributed by atoms with E-state index in [1.54, 1.807) is 0 Å². The standard InChI is InChI=1S/C10H16ClNO3/c1-7(6-11)5-10(9(13)14)8(15-2)3-4-12-10/h8,12H,1,3-6H2,2H3,(H,13,14)/t8-,10?/m1/s1. The van der Waals surface area contributed by atoms with Gasteiger partial charge in [0, 0.05) is 19.4 Å². The van der Waals surface area contributed by atoms with Gasteiger partial charge < -0.3 is 9.84 Å². The van der Waals surface area contributed by atoms with Crippen LogP contribution in [0.5, 0.6) is 0 Å². The number of halogens is 1. The van der Waals surface area contributed by atoms with Crippen LogP contribution >= 0.6 is 11.6 Å². The summed E-state index contributed by atoms with van der Waals surface area (Å²) in [4.78, 5) is 11.3. The summed E-state index contributed by atoms with van der Waals surface area (Å²) in [5, 5.41) is 12.3. The summed E-state index contributed by atoms with van der Waals surface area (Å²) in [6.07, 6.45) is 0.679. The second kappa shape index (κ2) is 4.96. The zero-order valence-electron chi connectivity index (χ0n) is 8.75. The van der Waals surface area contributed by atoms with Crippen molar-refractivity contribution in [2.24, 2.45) is 0 Å². The predicted octanol–water partition coefficient (Wildman–Crippen LogP) is 1.00. The van der Waals surface area contributed by atoms with E-state index in [1.807, 2.05) is 0 Å². The van der Waals surface area contributed by atoms with Gasteiger partial charge in [-0.05, 0) is 13.0 Å². The molecule has 1 aliphatic rings. The molecular weight excluding hydrogens is 218 g/mol. The largest absolute Gasteiger partial charge is 0.480 e. The Hall–Kier alpha value is -0.580. The Balaban J connectivity index is 2.87. The van der Waals surface area contributed by atoms with E-state index in [0.717, 1.165) is 0 Å². The number of carboxylic acids is 1. The molecule has 2 N–H and O–H groups in total. The van der Waals surface area contributed by atoms with Crippen LogP contribution in [0.2, 0.25) is 0 Å². The van der Waals surface area contributed by atoms with Gasteiger partial charge in [0.15, 0.2) is 0 Å². The van der Waals surface area contributed by atoms with Crippen LogP contribution in [0.4, 0.5) is 0 Å². The van der Waals surface area contributed by atoms with Crippen molar-refractivity contribution in [1.29, 1.82) is 0 Å². The van der Waals surface area contributed by atoms with Crippen LogP contribution in [0.3, 0.4) is 0 Å². The Morgan fingerprint density at radius 1 is 1.80 bits per heavy atom. The number of aliphatic carboxylic acids is 1. The number of methoxy groups -OCH3 is 1. The van der Waals surface area contributed by atoms with Gasteiger partial charge in [-0.2, -0.15) is 0 Å². The fourth-order valence-electron chi connectivity index (χ4n) is 2.01. The number of rotatable bonds is 5. The molecule has 0 spiro atoms. The van der Waals surface area contributed by atoms with E-state index in [-0.39, 0.29) is 12.0 Å². The van der Waals surface area contributed by atoms with Crippen molar-refractivity contribution in [3.63, 3.8) is 0 Å². The average molecular weight is 234 g/mol. The second-order valence-corrected chi connectivity index (χ2v) is 4.04. The monoisotopic (exact) mass is 233 g/mol. The molecule has 0 aromatic heterocycles. The normalized spacial score (nSPS) is 30.4. The molecule has 15 heavy (non-hydrogen) atoms. The van der Waals surface area contributed by atoms with Crippen molar-refractivity contribution >= 4 is 17.6 Å². The highest BCUT2D eigenvalue weighted by Crippen LogP contribution is 2.29. The molecule has 1 saturated heterocycles. The lowest BCUT2D eigenvalue weighted by Crippen LogP contribution is -2.55. The molecule has 4 nitrogen and oxygen atoms in total. The predicted molar refractivity (Wildman–Crippen MR) is 58.3 cm³/mol. The second-order valence-electron chi connectivity index (χ2n) is 3.78. The van der Waals surface area contributed by atoms with Crippen LogP contribution in [-0.2, 0) is 9.53 Å². The van der Waals surface area contributed by atoms with Gasteiger partial charge in [0.25, 0.3) is 0 Å². The van der Waals surface area contributed by atoms with Crippen LogP contribution in [0, 0.1) is 0 Å². The summed E-state index contributed by atoms with van der Waals surface area (Å²) in [5.74, 6) is -0.634. The Labute approximate surface area is 94.3 Å². The lowest BCUT2D eigenvalue weighted by molar-refractivity contribution is -0.149. The molecule has 2 atom stereocenters. The molecule has 0 bridgehead atoms. The first kappa shape index (κ1) is 12.5. The number of carbonyl (C=O) groups is 1. The summed E-state index contributed by atoms with van der Waals surface area (Å²) in [6.45, 7) is 4.38. The maximum atomic E-state index is 11.3. The van der Waals surface area contributed by atoms with Crippen molar-refractivity contribution in [3.8, 4) is 0 Å². The van der Waals surface area contributed by atoms with E-state index in [2.05, 4.69) is 11.9 Å². The van der Waals surface area contributed by atoms with Gasteiger partial charge in [0.05, 0.1) is 6.10 Å². The molecule has 1 rings (SSSR count). The van der Waals surface area contributed by atoms with Crippen molar-refractivity contribution < 1.29 is 14.6 Å². The molecule has 1 unspecified atom stereocenters. The Morgan fingerprint density at radius 3 is 2.93 bits per heavy atom. The van der Waals surface area contributed by atoms with Crippen molar-refractivity contribution in [2.45, 2.75) is 24.5 Å². The first-order chi connectivity index (χ1) is 7.06. The number of ether oxygens (including phenoxy) is 1. The number of hydrogen-bond acceptors (Lipinski definition) is 3. The van der Waals surface area contributed by atoms with Gasteiger partial charge in [-0.1, -0.05) is 12.2 Å². The average Bonchev–Trinajstić information content (AvgIpc) is 2.61. The van der Waals surface area contributed by atoms with Gasteiger partial charge >= 0.3 is 5.97 Å². The van der Waals surface area contributed by atoms with Gasteiger partial charge in [0.1, 0.15) is 5.54 Å². The lowest BCUT2D eigenvalue weighted by Gasteiger charge is -2.30. The Morgan fingerprint density at radius 2 is 2.47 bits per heavy atom. The molecule has 1 aliphatic heterocycles. The maximum Gasteiger partial charge on any atom is 0.326 e. The molecule has 5 heteroatoms. The number of carboxylic acid groups (broad SMARTS) is 1. The summed E-state index contributed by atoms with van der Waals surface area (Å²) < 4.78 is 5.21. The van der Waals surface area contributed by atoms with Crippen LogP contribution in [-0.4, -0.2) is 42.3 Å². The fourth-order valence-corrected chi connectivity index (χ4v) is 2.11. The molecule has 0 aromatic carbocycles. The van der Waals surface area contributed by atoms with Crippen LogP contribution in [0.1, 0.15) is 12.8 Å². The third kappa shape index (κ3) is 2.33. The highest BCUT2D eigenvalue weighted by Gasteiger charge is 2.49. The molecule has 1 heterocycles. The zero-order chi connectivity index (χ0) is 11.5. The topological polar surface area (TPSA) is 58.6 Å². The van der Waals surface area contributed by atoms with Gasteiger partial charge in [-0.3, -0.25) is 10.1 Å². The lowest BCUT2D eigenvalue weighted by atomic mass is 9.87. The SMILES string of the molecule is C=C(CCl)CC1(C(=O)O)NCC[C@H]1OC. The quantitative estimate of drug-likeness (QED) is 0.550. The van der Waals surface area contributed by atoms with Gasteiger partial charge in [-0.15, -0.1) is 11.6 Å². The molecule has 86 valence electrons. The maximum absolute atomic E-state index is 11.3. The molecular formula is C10H16ClNO3. The highest BCUT2D eigenvalue weighted by molar-refractivity contribution is 6.19. The molecule has 0 aromatic rings. The third-order valence-corrected chi connectivity index (χ3v) is 3.16. The van der Waals surface area contributed by atoms with Gasteiger partial charge in [-0.25, -0.2) is 0 Å². The number of alkyl halides is 1. The van der Waals surface area contributed by atoms with E-state index >= 15 is 0 Å². The minimum Gasteiger partial charge on any atom is -0.480 e. The molecule has 0 radical (unpaired) electrons. The smallest absolute Gasteiger partial charge is 0.326 e. The molecule has 1 fully saturated rings.